The van der Waals surface area contributed by atoms with Gasteiger partial charge < -0.3 is 14.2 Å². The zero-order chi connectivity index (χ0) is 58.5. The Labute approximate surface area is 502 Å². The molecule has 0 aromatic carbocycles. The largest absolute Gasteiger partial charge is 0.462 e. The molecule has 81 heavy (non-hydrogen) atoms. The molecule has 0 N–H and O–H groups in total. The SMILES string of the molecule is CC/C=C\C/C=C\C/C=C\C/C=C\C/C=C\C/C=C\CCCCCCCCCCCCC(=O)OCC(COC(=O)CCCCCCCCCCCCCCCCCC)OC(=O)CCCCCCCCC/C=C\C/C=C\CCCCCC. The smallest absolute Gasteiger partial charge is 0.306 e. The fourth-order valence-electron chi connectivity index (χ4n) is 9.89. The van der Waals surface area contributed by atoms with Gasteiger partial charge in [-0.1, -0.05) is 317 Å². The van der Waals surface area contributed by atoms with Gasteiger partial charge >= 0.3 is 17.9 Å². The summed E-state index contributed by atoms with van der Waals surface area (Å²) in [5, 5.41) is 0. The highest BCUT2D eigenvalue weighted by Crippen LogP contribution is 2.17. The summed E-state index contributed by atoms with van der Waals surface area (Å²) >= 11 is 0. The van der Waals surface area contributed by atoms with E-state index in [1.165, 1.54) is 193 Å². The summed E-state index contributed by atoms with van der Waals surface area (Å²) in [7, 11) is 0. The minimum absolute atomic E-state index is 0.0782. The summed E-state index contributed by atoms with van der Waals surface area (Å²) in [5.74, 6) is -0.874. The highest BCUT2D eigenvalue weighted by molar-refractivity contribution is 5.71. The Morgan fingerprint density at radius 1 is 0.259 bits per heavy atom. The van der Waals surface area contributed by atoms with Gasteiger partial charge in [0.15, 0.2) is 6.10 Å². The molecular weight excluding hydrogens is 997 g/mol. The average Bonchev–Trinajstić information content (AvgIpc) is 3.47. The van der Waals surface area contributed by atoms with E-state index in [-0.39, 0.29) is 31.1 Å². The lowest BCUT2D eigenvalue weighted by Gasteiger charge is -2.18. The Hall–Kier alpha value is -3.67. The van der Waals surface area contributed by atoms with Crippen LogP contribution in [0.5, 0.6) is 0 Å². The lowest BCUT2D eigenvalue weighted by molar-refractivity contribution is -0.167. The number of rotatable bonds is 63. The summed E-state index contributed by atoms with van der Waals surface area (Å²) in [6, 6.07) is 0. The molecule has 0 radical (unpaired) electrons. The van der Waals surface area contributed by atoms with Gasteiger partial charge in [-0.15, -0.1) is 0 Å². The number of allylic oxidation sites excluding steroid dienone is 16. The fraction of sp³-hybridized carbons (Fsp3) is 0.747. The van der Waals surface area contributed by atoms with E-state index in [4.69, 9.17) is 14.2 Å². The van der Waals surface area contributed by atoms with Crippen LogP contribution in [0, 0.1) is 0 Å². The van der Waals surface area contributed by atoms with Gasteiger partial charge in [-0.25, -0.2) is 0 Å². The molecule has 0 amide bonds. The Morgan fingerprint density at radius 3 is 0.765 bits per heavy atom. The van der Waals surface area contributed by atoms with Crippen molar-refractivity contribution >= 4 is 17.9 Å². The summed E-state index contributed by atoms with van der Waals surface area (Å²) in [5.41, 5.74) is 0. The molecule has 466 valence electrons. The molecule has 6 heteroatoms. The van der Waals surface area contributed by atoms with Crippen molar-refractivity contribution in [2.75, 3.05) is 13.2 Å². The van der Waals surface area contributed by atoms with Crippen LogP contribution in [0.25, 0.3) is 0 Å². The predicted molar refractivity (Wildman–Crippen MR) is 353 cm³/mol. The van der Waals surface area contributed by atoms with E-state index in [2.05, 4.69) is 118 Å². The van der Waals surface area contributed by atoms with Crippen LogP contribution >= 0.6 is 0 Å². The van der Waals surface area contributed by atoms with Crippen molar-refractivity contribution in [2.24, 2.45) is 0 Å². The van der Waals surface area contributed by atoms with Crippen LogP contribution in [0.3, 0.4) is 0 Å². The number of carbonyl (C=O) groups is 3. The molecule has 0 aliphatic carbocycles. The van der Waals surface area contributed by atoms with Crippen LogP contribution in [0.15, 0.2) is 97.2 Å². The quantitative estimate of drug-likeness (QED) is 0.0261. The monoisotopic (exact) mass is 1130 g/mol. The second-order valence-electron chi connectivity index (χ2n) is 23.1. The maximum atomic E-state index is 12.9. The molecule has 0 heterocycles. The number of ether oxygens (including phenoxy) is 3. The van der Waals surface area contributed by atoms with Crippen molar-refractivity contribution in [3.05, 3.63) is 97.2 Å². The second kappa shape index (κ2) is 68.8. The van der Waals surface area contributed by atoms with Gasteiger partial charge in [0.25, 0.3) is 0 Å². The Balaban J connectivity index is 4.32. The van der Waals surface area contributed by atoms with Crippen molar-refractivity contribution in [1.82, 2.24) is 0 Å². The number of unbranched alkanes of at least 4 members (excludes halogenated alkanes) is 36. The third kappa shape index (κ3) is 67.0. The van der Waals surface area contributed by atoms with Crippen LogP contribution in [0.4, 0.5) is 0 Å². The third-order valence-corrected chi connectivity index (χ3v) is 15.1. The van der Waals surface area contributed by atoms with Crippen LogP contribution < -0.4 is 0 Å². The van der Waals surface area contributed by atoms with Gasteiger partial charge in [0.05, 0.1) is 0 Å². The van der Waals surface area contributed by atoms with E-state index < -0.39 is 6.10 Å². The summed E-state index contributed by atoms with van der Waals surface area (Å²) in [4.78, 5) is 38.4. The highest BCUT2D eigenvalue weighted by atomic mass is 16.6. The molecule has 0 bridgehead atoms. The summed E-state index contributed by atoms with van der Waals surface area (Å²) < 4.78 is 17.0. The minimum atomic E-state index is -0.784. The predicted octanol–water partition coefficient (Wildman–Crippen LogP) is 24.0. The van der Waals surface area contributed by atoms with Crippen molar-refractivity contribution in [1.29, 1.82) is 0 Å². The molecule has 0 aromatic heterocycles. The molecule has 0 saturated heterocycles. The molecule has 0 spiro atoms. The van der Waals surface area contributed by atoms with E-state index in [9.17, 15) is 14.4 Å². The third-order valence-electron chi connectivity index (χ3n) is 15.1. The molecule has 0 aliphatic heterocycles. The number of hydrogen-bond donors (Lipinski definition) is 0. The van der Waals surface area contributed by atoms with E-state index in [1.54, 1.807) is 0 Å². The van der Waals surface area contributed by atoms with Gasteiger partial charge in [0.1, 0.15) is 13.2 Å². The summed E-state index contributed by atoms with van der Waals surface area (Å²) in [6.07, 6.45) is 92.7. The normalized spacial score (nSPS) is 12.7. The molecule has 1 atom stereocenters. The standard InChI is InChI=1S/C75H130O6/c1-4-7-10-13-16-19-22-25-28-31-33-34-35-36-37-38-39-40-41-42-43-45-47-50-53-56-59-62-65-68-74(77)80-71-72(70-79-73(76)67-64-61-58-55-52-49-46-30-27-24-21-18-15-12-9-6-3)81-75(78)69-66-63-60-57-54-51-48-44-32-29-26-23-20-17-14-11-8-5-2/h7,10,16,19-20,23,25,28-29,32-34,36-37,39-40,72H,4-6,8-9,11-15,17-18,21-22,24,26-27,30-31,35,38,41-71H2,1-3H3/b10-7-,19-16-,23-20-,28-25-,32-29-,34-33-,37-36-,40-39-. The second-order valence-corrected chi connectivity index (χ2v) is 23.1. The molecule has 0 saturated carbocycles. The van der Waals surface area contributed by atoms with Crippen LogP contribution in [-0.2, 0) is 28.6 Å². The maximum absolute atomic E-state index is 12.9. The molecule has 0 rings (SSSR count). The Bertz CT molecular complexity index is 1580. The number of hydrogen-bond acceptors (Lipinski definition) is 6. The lowest BCUT2D eigenvalue weighted by atomic mass is 10.0. The zero-order valence-electron chi connectivity index (χ0n) is 53.5. The zero-order valence-corrected chi connectivity index (χ0v) is 53.5. The Kier molecular flexibility index (Phi) is 65.7. The maximum Gasteiger partial charge on any atom is 0.306 e. The first-order chi connectivity index (χ1) is 40.0. The molecule has 0 aromatic rings. The highest BCUT2D eigenvalue weighted by Gasteiger charge is 2.19. The van der Waals surface area contributed by atoms with Crippen LogP contribution in [0.1, 0.15) is 342 Å². The fourth-order valence-corrected chi connectivity index (χ4v) is 9.89. The lowest BCUT2D eigenvalue weighted by Crippen LogP contribution is -2.30. The topological polar surface area (TPSA) is 78.9 Å². The van der Waals surface area contributed by atoms with Crippen molar-refractivity contribution in [3.8, 4) is 0 Å². The minimum Gasteiger partial charge on any atom is -0.462 e. The average molecular weight is 1130 g/mol. The van der Waals surface area contributed by atoms with Gasteiger partial charge in [-0.3, -0.25) is 14.4 Å². The van der Waals surface area contributed by atoms with Crippen molar-refractivity contribution < 1.29 is 28.6 Å². The van der Waals surface area contributed by atoms with Crippen molar-refractivity contribution in [3.63, 3.8) is 0 Å². The number of carbonyl (C=O) groups excluding carboxylic acids is 3. The first kappa shape index (κ1) is 77.3. The van der Waals surface area contributed by atoms with Gasteiger partial charge in [-0.2, -0.15) is 0 Å². The van der Waals surface area contributed by atoms with Crippen LogP contribution in [0.2, 0.25) is 0 Å². The van der Waals surface area contributed by atoms with Crippen LogP contribution in [-0.4, -0.2) is 37.2 Å². The van der Waals surface area contributed by atoms with Gasteiger partial charge in [0, 0.05) is 19.3 Å². The van der Waals surface area contributed by atoms with Gasteiger partial charge in [-0.05, 0) is 103 Å². The van der Waals surface area contributed by atoms with E-state index in [1.807, 2.05) is 0 Å². The first-order valence-corrected chi connectivity index (χ1v) is 34.7. The van der Waals surface area contributed by atoms with Crippen molar-refractivity contribution in [2.45, 2.75) is 348 Å². The first-order valence-electron chi connectivity index (χ1n) is 34.7. The Morgan fingerprint density at radius 2 is 0.481 bits per heavy atom. The number of esters is 3. The molecule has 0 fully saturated rings. The van der Waals surface area contributed by atoms with E-state index >= 15 is 0 Å². The van der Waals surface area contributed by atoms with E-state index in [0.717, 1.165) is 109 Å². The van der Waals surface area contributed by atoms with Gasteiger partial charge in [0.2, 0.25) is 0 Å². The molecular formula is C75H130O6. The molecule has 0 aliphatic rings. The summed E-state index contributed by atoms with van der Waals surface area (Å²) in [6.45, 7) is 6.54. The molecule has 6 nitrogen and oxygen atoms in total. The van der Waals surface area contributed by atoms with E-state index in [0.29, 0.717) is 19.3 Å². The molecule has 1 unspecified atom stereocenters.